The van der Waals surface area contributed by atoms with E-state index in [9.17, 15) is 14.4 Å². The summed E-state index contributed by atoms with van der Waals surface area (Å²) in [5.74, 6) is -1.08. The number of amidine groups is 1. The number of esters is 1. The molecule has 39 heavy (non-hydrogen) atoms. The highest BCUT2D eigenvalue weighted by atomic mass is 16.6. The van der Waals surface area contributed by atoms with Gasteiger partial charge in [-0.15, -0.1) is 0 Å². The summed E-state index contributed by atoms with van der Waals surface area (Å²) in [4.78, 5) is 43.8. The average molecular weight is 529 g/mol. The molecule has 0 bridgehead atoms. The van der Waals surface area contributed by atoms with Crippen molar-refractivity contribution in [3.63, 3.8) is 0 Å². The van der Waals surface area contributed by atoms with Gasteiger partial charge < -0.3 is 26.3 Å². The van der Waals surface area contributed by atoms with Gasteiger partial charge in [0.25, 0.3) is 5.91 Å². The molecule has 4 rings (SSSR count). The number of benzene rings is 3. The number of nitrogen functional groups attached to an aromatic ring is 1. The monoisotopic (exact) mass is 528 g/mol. The molecule has 0 aliphatic carbocycles. The molecule has 1 aliphatic rings. The summed E-state index contributed by atoms with van der Waals surface area (Å²) in [6.45, 7) is 7.90. The zero-order valence-electron chi connectivity index (χ0n) is 22.5. The van der Waals surface area contributed by atoms with E-state index in [1.54, 1.807) is 37.3 Å². The van der Waals surface area contributed by atoms with Crippen LogP contribution in [0.1, 0.15) is 70.7 Å². The number of ketones is 1. The highest BCUT2D eigenvalue weighted by Crippen LogP contribution is 2.36. The lowest BCUT2D eigenvalue weighted by Crippen LogP contribution is -2.23. The van der Waals surface area contributed by atoms with Crippen molar-refractivity contribution >= 4 is 34.9 Å². The largest absolute Gasteiger partial charge is 0.481 e. The minimum absolute atomic E-state index is 0.00865. The van der Waals surface area contributed by atoms with Crippen LogP contribution in [0.25, 0.3) is 0 Å². The molecule has 0 aromatic heterocycles. The topological polar surface area (TPSA) is 146 Å². The van der Waals surface area contributed by atoms with Gasteiger partial charge in [0, 0.05) is 16.7 Å². The van der Waals surface area contributed by atoms with E-state index in [4.69, 9.17) is 20.9 Å². The highest BCUT2D eigenvalue weighted by molar-refractivity contribution is 6.19. The Labute approximate surface area is 227 Å². The van der Waals surface area contributed by atoms with Crippen molar-refractivity contribution in [1.82, 2.24) is 0 Å². The van der Waals surface area contributed by atoms with Crippen molar-refractivity contribution in [2.45, 2.75) is 39.7 Å². The second-order valence-corrected chi connectivity index (χ2v) is 10.1. The van der Waals surface area contributed by atoms with Crippen LogP contribution in [-0.2, 0) is 21.5 Å². The van der Waals surface area contributed by atoms with Crippen LogP contribution in [0.3, 0.4) is 0 Å². The molecule has 202 valence electrons. The van der Waals surface area contributed by atoms with Crippen LogP contribution in [-0.4, -0.2) is 36.7 Å². The third kappa shape index (κ3) is 5.77. The summed E-state index contributed by atoms with van der Waals surface area (Å²) >= 11 is 0. The standard InChI is InChI=1S/C30H32N4O5/c1-5-38-24(35)16-39-23-13-12-22(31)26(34-29(37)19-8-6-7-9-21(19)30(2,3)4)25(23)27(36)17-10-11-18-15-33-28(32)20(18)14-17/h6-14H,5,15-16,31H2,1-4H3,(H2,32,33)(H,34,37). The fourth-order valence-corrected chi connectivity index (χ4v) is 4.43. The molecular formula is C30H32N4O5. The van der Waals surface area contributed by atoms with Crippen LogP contribution in [0, 0.1) is 0 Å². The molecular weight excluding hydrogens is 496 g/mol. The summed E-state index contributed by atoms with van der Waals surface area (Å²) in [5, 5.41) is 2.84. The molecule has 1 aliphatic heterocycles. The van der Waals surface area contributed by atoms with Gasteiger partial charge in [0.05, 0.1) is 30.1 Å². The Morgan fingerprint density at radius 3 is 2.49 bits per heavy atom. The Kier molecular flexibility index (Phi) is 7.71. The molecule has 0 unspecified atom stereocenters. The summed E-state index contributed by atoms with van der Waals surface area (Å²) in [7, 11) is 0. The van der Waals surface area contributed by atoms with Gasteiger partial charge in [0.2, 0.25) is 0 Å². The maximum Gasteiger partial charge on any atom is 0.344 e. The second kappa shape index (κ2) is 11.0. The number of anilines is 2. The van der Waals surface area contributed by atoms with Crippen LogP contribution in [0.2, 0.25) is 0 Å². The van der Waals surface area contributed by atoms with Crippen LogP contribution in [0.15, 0.2) is 59.6 Å². The lowest BCUT2D eigenvalue weighted by Gasteiger charge is -2.23. The van der Waals surface area contributed by atoms with Crippen molar-refractivity contribution in [3.05, 3.63) is 88.0 Å². The molecule has 0 spiro atoms. The Morgan fingerprint density at radius 1 is 1.03 bits per heavy atom. The van der Waals surface area contributed by atoms with E-state index < -0.39 is 24.3 Å². The number of hydrogen-bond donors (Lipinski definition) is 3. The zero-order valence-corrected chi connectivity index (χ0v) is 22.5. The Hall–Kier alpha value is -4.66. The minimum atomic E-state index is -0.598. The maximum atomic E-state index is 14.0. The first-order chi connectivity index (χ1) is 18.5. The van der Waals surface area contributed by atoms with Crippen molar-refractivity contribution in [1.29, 1.82) is 0 Å². The van der Waals surface area contributed by atoms with E-state index in [2.05, 4.69) is 10.3 Å². The molecule has 3 aromatic carbocycles. The van der Waals surface area contributed by atoms with Crippen molar-refractivity contribution in [2.24, 2.45) is 10.7 Å². The molecule has 0 radical (unpaired) electrons. The lowest BCUT2D eigenvalue weighted by molar-refractivity contribution is -0.145. The molecule has 5 N–H and O–H groups in total. The number of ether oxygens (including phenoxy) is 2. The summed E-state index contributed by atoms with van der Waals surface area (Å²) in [6, 6.07) is 15.4. The highest BCUT2D eigenvalue weighted by Gasteiger charge is 2.27. The zero-order chi connectivity index (χ0) is 28.3. The predicted molar refractivity (Wildman–Crippen MR) is 150 cm³/mol. The molecule has 1 heterocycles. The predicted octanol–water partition coefficient (Wildman–Crippen LogP) is 4.21. The Balaban J connectivity index is 1.80. The number of aliphatic imine (C=N–C) groups is 1. The number of carbonyl (C=O) groups excluding carboxylic acids is 3. The van der Waals surface area contributed by atoms with Gasteiger partial charge in [-0.25, -0.2) is 4.79 Å². The number of nitrogens with two attached hydrogens (primary N) is 2. The molecule has 9 heteroatoms. The fourth-order valence-electron chi connectivity index (χ4n) is 4.43. The SMILES string of the molecule is CCOC(=O)COc1ccc(N)c(NC(=O)c2ccccc2C(C)(C)C)c1C(=O)c1ccc2c(c1)C(N)=NC2. The number of nitrogens with zero attached hydrogens (tertiary/aromatic N) is 1. The minimum Gasteiger partial charge on any atom is -0.481 e. The van der Waals surface area contributed by atoms with Gasteiger partial charge in [-0.3, -0.25) is 14.6 Å². The van der Waals surface area contributed by atoms with E-state index in [0.717, 1.165) is 11.1 Å². The molecule has 0 saturated heterocycles. The molecule has 9 nitrogen and oxygen atoms in total. The van der Waals surface area contributed by atoms with Gasteiger partial charge in [-0.2, -0.15) is 0 Å². The van der Waals surface area contributed by atoms with Crippen molar-refractivity contribution in [3.8, 4) is 5.75 Å². The molecule has 0 atom stereocenters. The van der Waals surface area contributed by atoms with Crippen LogP contribution < -0.4 is 21.5 Å². The summed E-state index contributed by atoms with van der Waals surface area (Å²) in [5.41, 5.74) is 15.4. The van der Waals surface area contributed by atoms with E-state index >= 15 is 0 Å². The Morgan fingerprint density at radius 2 is 1.77 bits per heavy atom. The number of nitrogens with one attached hydrogen (secondary N) is 1. The third-order valence-corrected chi connectivity index (χ3v) is 6.36. The summed E-state index contributed by atoms with van der Waals surface area (Å²) in [6.07, 6.45) is 0. The van der Waals surface area contributed by atoms with Gasteiger partial charge in [-0.1, -0.05) is 51.1 Å². The Bertz CT molecular complexity index is 1490. The molecule has 0 fully saturated rings. The van der Waals surface area contributed by atoms with E-state index in [1.807, 2.05) is 32.9 Å². The quantitative estimate of drug-likeness (QED) is 0.225. The van der Waals surface area contributed by atoms with Crippen molar-refractivity contribution in [2.75, 3.05) is 24.3 Å². The average Bonchev–Trinajstić information content (AvgIpc) is 3.28. The van der Waals surface area contributed by atoms with Gasteiger partial charge in [0.1, 0.15) is 11.6 Å². The molecule has 1 amide bonds. The van der Waals surface area contributed by atoms with Gasteiger partial charge >= 0.3 is 5.97 Å². The van der Waals surface area contributed by atoms with Gasteiger partial charge in [-0.05, 0) is 47.7 Å². The first kappa shape index (κ1) is 27.4. The lowest BCUT2D eigenvalue weighted by atomic mass is 9.83. The number of hydrogen-bond acceptors (Lipinski definition) is 8. The number of carbonyl (C=O) groups is 3. The van der Waals surface area contributed by atoms with Crippen molar-refractivity contribution < 1.29 is 23.9 Å². The number of fused-ring (bicyclic) bond motifs is 1. The van der Waals surface area contributed by atoms with Crippen LogP contribution >= 0.6 is 0 Å². The molecule has 3 aromatic rings. The first-order valence-electron chi connectivity index (χ1n) is 12.6. The first-order valence-corrected chi connectivity index (χ1v) is 12.6. The van der Waals surface area contributed by atoms with Crippen LogP contribution in [0.4, 0.5) is 11.4 Å². The number of rotatable bonds is 8. The van der Waals surface area contributed by atoms with E-state index in [-0.39, 0.29) is 34.7 Å². The third-order valence-electron chi connectivity index (χ3n) is 6.36. The smallest absolute Gasteiger partial charge is 0.344 e. The van der Waals surface area contributed by atoms with E-state index in [1.165, 1.54) is 12.1 Å². The number of amides is 1. The summed E-state index contributed by atoms with van der Waals surface area (Å²) < 4.78 is 10.7. The van der Waals surface area contributed by atoms with E-state index in [0.29, 0.717) is 29.1 Å². The molecule has 0 saturated carbocycles. The maximum absolute atomic E-state index is 14.0. The van der Waals surface area contributed by atoms with Gasteiger partial charge in [0.15, 0.2) is 12.4 Å². The fraction of sp³-hybridized carbons (Fsp3) is 0.267. The van der Waals surface area contributed by atoms with Crippen LogP contribution in [0.5, 0.6) is 5.75 Å². The second-order valence-electron chi connectivity index (χ2n) is 10.1. The normalized spacial score (nSPS) is 12.4.